The Bertz CT molecular complexity index is 1340. The lowest BCUT2D eigenvalue weighted by Gasteiger charge is -2.24. The third-order valence-electron chi connectivity index (χ3n) is 5.98. The van der Waals surface area contributed by atoms with Crippen LogP contribution in [0.3, 0.4) is 0 Å². The van der Waals surface area contributed by atoms with E-state index in [9.17, 15) is 19.6 Å². The molecule has 2 aliphatic heterocycles. The summed E-state index contributed by atoms with van der Waals surface area (Å²) < 4.78 is 10.9. The Balaban J connectivity index is 1.41. The number of imide groups is 1. The highest BCUT2D eigenvalue weighted by atomic mass is 16.3. The van der Waals surface area contributed by atoms with Crippen LogP contribution in [0.2, 0.25) is 0 Å². The molecule has 1 aromatic carbocycles. The summed E-state index contributed by atoms with van der Waals surface area (Å²) in [4.78, 5) is 40.2. The first kappa shape index (κ1) is 21.2. The number of amides is 4. The number of furan rings is 2. The van der Waals surface area contributed by atoms with Gasteiger partial charge in [-0.15, -0.1) is 0 Å². The van der Waals surface area contributed by atoms with Gasteiger partial charge in [-0.25, -0.2) is 9.80 Å². The van der Waals surface area contributed by atoms with Crippen molar-refractivity contribution < 1.29 is 23.2 Å². The van der Waals surface area contributed by atoms with E-state index in [4.69, 9.17) is 8.83 Å². The fourth-order valence-corrected chi connectivity index (χ4v) is 4.18. The van der Waals surface area contributed by atoms with Crippen molar-refractivity contribution in [2.24, 2.45) is 5.10 Å². The summed E-state index contributed by atoms with van der Waals surface area (Å²) in [6.07, 6.45) is 3.37. The monoisotopic (exact) mass is 457 g/mol. The average Bonchev–Trinajstić information content (AvgIpc) is 3.64. The van der Waals surface area contributed by atoms with Crippen LogP contribution in [0.5, 0.6) is 0 Å². The predicted molar refractivity (Wildman–Crippen MR) is 117 cm³/mol. The van der Waals surface area contributed by atoms with Crippen molar-refractivity contribution in [3.63, 3.8) is 0 Å². The summed E-state index contributed by atoms with van der Waals surface area (Å²) >= 11 is 0. The second-order valence-electron chi connectivity index (χ2n) is 8.14. The number of hydrogen-bond donors (Lipinski definition) is 1. The van der Waals surface area contributed by atoms with E-state index in [1.165, 1.54) is 23.6 Å². The van der Waals surface area contributed by atoms with Crippen molar-refractivity contribution in [1.82, 2.24) is 15.2 Å². The SMILES string of the molecule is CC1(c2cccc(C#N)c2)NC(=O)N(CC(=O)N2N=C(c3ccco3)CC2c2ccco2)C1=O. The lowest BCUT2D eigenvalue weighted by molar-refractivity contribution is -0.140. The lowest BCUT2D eigenvalue weighted by Crippen LogP contribution is -2.43. The van der Waals surface area contributed by atoms with Crippen molar-refractivity contribution in [2.75, 3.05) is 6.54 Å². The number of rotatable bonds is 5. The van der Waals surface area contributed by atoms with Crippen molar-refractivity contribution in [3.05, 3.63) is 83.7 Å². The van der Waals surface area contributed by atoms with Gasteiger partial charge >= 0.3 is 6.03 Å². The molecule has 10 heteroatoms. The third-order valence-corrected chi connectivity index (χ3v) is 5.98. The Kier molecular flexibility index (Phi) is 5.02. The Labute approximate surface area is 194 Å². The van der Waals surface area contributed by atoms with Gasteiger partial charge in [0, 0.05) is 6.42 Å². The molecular formula is C24H19N5O5. The molecule has 0 spiro atoms. The second-order valence-corrected chi connectivity index (χ2v) is 8.14. The minimum absolute atomic E-state index is 0.353. The Morgan fingerprint density at radius 3 is 2.71 bits per heavy atom. The molecule has 1 N–H and O–H groups in total. The first-order valence-corrected chi connectivity index (χ1v) is 10.5. The fourth-order valence-electron chi connectivity index (χ4n) is 4.18. The van der Waals surface area contributed by atoms with Crippen LogP contribution in [0, 0.1) is 11.3 Å². The molecule has 4 amide bonds. The summed E-state index contributed by atoms with van der Waals surface area (Å²) in [5.74, 6) is -0.104. The molecule has 2 atom stereocenters. The molecule has 4 heterocycles. The number of nitrogens with zero attached hydrogens (tertiary/aromatic N) is 4. The highest BCUT2D eigenvalue weighted by Gasteiger charge is 2.50. The summed E-state index contributed by atoms with van der Waals surface area (Å²) in [7, 11) is 0. The summed E-state index contributed by atoms with van der Waals surface area (Å²) in [5.41, 5.74) is -0.0470. The van der Waals surface area contributed by atoms with Gasteiger partial charge in [-0.3, -0.25) is 14.5 Å². The van der Waals surface area contributed by atoms with Gasteiger partial charge in [0.2, 0.25) is 0 Å². The van der Waals surface area contributed by atoms with Gasteiger partial charge in [0.25, 0.3) is 11.8 Å². The molecule has 0 radical (unpaired) electrons. The van der Waals surface area contributed by atoms with E-state index in [1.54, 1.807) is 49.4 Å². The van der Waals surface area contributed by atoms with E-state index in [0.717, 1.165) is 4.90 Å². The van der Waals surface area contributed by atoms with Crippen molar-refractivity contribution in [2.45, 2.75) is 24.9 Å². The highest BCUT2D eigenvalue weighted by Crippen LogP contribution is 2.34. The predicted octanol–water partition coefficient (Wildman–Crippen LogP) is 2.89. The first-order chi connectivity index (χ1) is 16.4. The molecule has 0 bridgehead atoms. The zero-order chi connectivity index (χ0) is 23.9. The Morgan fingerprint density at radius 2 is 2.00 bits per heavy atom. The van der Waals surface area contributed by atoms with Gasteiger partial charge in [0.1, 0.15) is 35.4 Å². The van der Waals surface area contributed by atoms with Crippen LogP contribution in [-0.2, 0) is 15.1 Å². The maximum absolute atomic E-state index is 13.3. The Morgan fingerprint density at radius 1 is 1.21 bits per heavy atom. The number of carbonyl (C=O) groups is 3. The van der Waals surface area contributed by atoms with Crippen LogP contribution in [-0.4, -0.2) is 40.0 Å². The number of benzene rings is 1. The molecule has 10 nitrogen and oxygen atoms in total. The summed E-state index contributed by atoms with van der Waals surface area (Å²) in [6, 6.07) is 14.1. The molecule has 2 aromatic heterocycles. The van der Waals surface area contributed by atoms with Crippen LogP contribution in [0.1, 0.15) is 42.0 Å². The number of hydrazone groups is 1. The quantitative estimate of drug-likeness (QED) is 0.586. The van der Waals surface area contributed by atoms with E-state index in [-0.39, 0.29) is 0 Å². The molecule has 5 rings (SSSR count). The number of urea groups is 1. The van der Waals surface area contributed by atoms with Crippen LogP contribution >= 0.6 is 0 Å². The average molecular weight is 457 g/mol. The molecule has 34 heavy (non-hydrogen) atoms. The van der Waals surface area contributed by atoms with Crippen molar-refractivity contribution in [1.29, 1.82) is 5.26 Å². The van der Waals surface area contributed by atoms with Gasteiger partial charge in [-0.05, 0) is 48.9 Å². The highest BCUT2D eigenvalue weighted by molar-refractivity contribution is 6.09. The molecule has 170 valence electrons. The lowest BCUT2D eigenvalue weighted by atomic mass is 9.91. The molecular weight excluding hydrogens is 438 g/mol. The topological polar surface area (TPSA) is 132 Å². The van der Waals surface area contributed by atoms with Crippen LogP contribution in [0.15, 0.2) is 75.0 Å². The van der Waals surface area contributed by atoms with E-state index in [0.29, 0.717) is 34.8 Å². The first-order valence-electron chi connectivity index (χ1n) is 10.5. The van der Waals surface area contributed by atoms with Crippen LogP contribution < -0.4 is 5.32 Å². The van der Waals surface area contributed by atoms with Gasteiger partial charge in [-0.1, -0.05) is 12.1 Å². The number of carbonyl (C=O) groups excluding carboxylic acids is 3. The molecule has 0 aliphatic carbocycles. The standard InChI is InChI=1S/C24H19N5O5/c1-24(16-6-2-5-15(11-16)13-25)22(31)28(23(32)26-24)14-21(30)29-18(20-8-4-10-34-20)12-17(27-29)19-7-3-9-33-19/h2-11,18H,12,14H2,1H3,(H,26,32). The fraction of sp³-hybridized carbons (Fsp3) is 0.208. The molecule has 0 saturated carbocycles. The smallest absolute Gasteiger partial charge is 0.325 e. The zero-order valence-electron chi connectivity index (χ0n) is 18.1. The number of hydrogen-bond acceptors (Lipinski definition) is 7. The summed E-state index contributed by atoms with van der Waals surface area (Å²) in [6.45, 7) is 1.03. The zero-order valence-corrected chi connectivity index (χ0v) is 18.1. The largest absolute Gasteiger partial charge is 0.467 e. The molecule has 2 aliphatic rings. The second kappa shape index (κ2) is 8.04. The van der Waals surface area contributed by atoms with Gasteiger partial charge in [0.05, 0.1) is 24.2 Å². The van der Waals surface area contributed by atoms with E-state index in [1.807, 2.05) is 6.07 Å². The third kappa shape index (κ3) is 3.44. The molecule has 3 aromatic rings. The van der Waals surface area contributed by atoms with Crippen LogP contribution in [0.4, 0.5) is 4.79 Å². The van der Waals surface area contributed by atoms with Gasteiger partial charge in [0.15, 0.2) is 0 Å². The minimum Gasteiger partial charge on any atom is -0.467 e. The normalized spacial score (nSPS) is 22.0. The van der Waals surface area contributed by atoms with Crippen LogP contribution in [0.25, 0.3) is 0 Å². The van der Waals surface area contributed by atoms with E-state index in [2.05, 4.69) is 10.4 Å². The van der Waals surface area contributed by atoms with Gasteiger partial charge in [-0.2, -0.15) is 10.4 Å². The summed E-state index contributed by atoms with van der Waals surface area (Å²) in [5, 5.41) is 17.5. The maximum atomic E-state index is 13.3. The minimum atomic E-state index is -1.40. The number of nitriles is 1. The number of nitrogens with one attached hydrogen (secondary N) is 1. The van der Waals surface area contributed by atoms with E-state index < -0.39 is 36.0 Å². The van der Waals surface area contributed by atoms with E-state index >= 15 is 0 Å². The molecule has 1 saturated heterocycles. The molecule has 2 unspecified atom stereocenters. The Hall–Kier alpha value is -4.65. The molecule has 1 fully saturated rings. The maximum Gasteiger partial charge on any atom is 0.325 e. The van der Waals surface area contributed by atoms with Crippen molar-refractivity contribution >= 4 is 23.6 Å². The van der Waals surface area contributed by atoms with Crippen molar-refractivity contribution in [3.8, 4) is 6.07 Å². The van der Waals surface area contributed by atoms with Gasteiger partial charge < -0.3 is 14.2 Å².